The van der Waals surface area contributed by atoms with Gasteiger partial charge in [0.2, 0.25) is 0 Å². The monoisotopic (exact) mass is 352 g/mol. The standard InChI is InChI=1S/C20H20N2O2S/c1-4-22-19(23)18(13-15-7-5-14(2)6-8-15)25-20(22)21-16-9-11-17(24-3)12-10-16/h5-13H,4H2,1-3H3/b18-13+,21-20?. The summed E-state index contributed by atoms with van der Waals surface area (Å²) in [5.41, 5.74) is 3.01. The number of methoxy groups -OCH3 is 1. The Morgan fingerprint density at radius 1 is 1.12 bits per heavy atom. The SMILES string of the molecule is CCN1C(=O)/C(=C\c2ccc(C)cc2)SC1=Nc1ccc(OC)cc1. The number of thioether (sulfide) groups is 1. The number of aliphatic imine (C=N–C) groups is 1. The summed E-state index contributed by atoms with van der Waals surface area (Å²) >= 11 is 1.41. The van der Waals surface area contributed by atoms with Gasteiger partial charge in [-0.25, -0.2) is 4.99 Å². The lowest BCUT2D eigenvalue weighted by Gasteiger charge is -2.12. The second-order valence-electron chi connectivity index (χ2n) is 5.66. The summed E-state index contributed by atoms with van der Waals surface area (Å²) in [5.74, 6) is 0.784. The molecule has 0 unspecified atom stereocenters. The van der Waals surface area contributed by atoms with Gasteiger partial charge in [-0.05, 0) is 61.5 Å². The third kappa shape index (κ3) is 3.94. The number of amidine groups is 1. The molecule has 1 saturated heterocycles. The third-order valence-corrected chi connectivity index (χ3v) is 4.88. The van der Waals surface area contributed by atoms with Crippen LogP contribution in [0.3, 0.4) is 0 Å². The predicted octanol–water partition coefficient (Wildman–Crippen LogP) is 4.63. The first-order chi connectivity index (χ1) is 12.1. The van der Waals surface area contributed by atoms with Crippen molar-refractivity contribution < 1.29 is 9.53 Å². The Bertz CT molecular complexity index is 824. The molecule has 25 heavy (non-hydrogen) atoms. The Balaban J connectivity index is 1.88. The third-order valence-electron chi connectivity index (χ3n) is 3.88. The Kier molecular flexibility index (Phi) is 5.24. The van der Waals surface area contributed by atoms with Crippen molar-refractivity contribution >= 4 is 34.6 Å². The van der Waals surface area contributed by atoms with Gasteiger partial charge in [-0.1, -0.05) is 29.8 Å². The van der Waals surface area contributed by atoms with Gasteiger partial charge in [0.15, 0.2) is 5.17 Å². The predicted molar refractivity (Wildman–Crippen MR) is 104 cm³/mol. The molecule has 128 valence electrons. The van der Waals surface area contributed by atoms with E-state index in [1.807, 2.05) is 68.5 Å². The van der Waals surface area contributed by atoms with Crippen molar-refractivity contribution in [2.75, 3.05) is 13.7 Å². The Hall–Kier alpha value is -2.53. The molecular weight excluding hydrogens is 332 g/mol. The van der Waals surface area contributed by atoms with Crippen LogP contribution in [0.4, 0.5) is 5.69 Å². The molecular formula is C20H20N2O2S. The molecule has 2 aromatic rings. The van der Waals surface area contributed by atoms with Gasteiger partial charge in [-0.2, -0.15) is 0 Å². The number of rotatable bonds is 4. The summed E-state index contributed by atoms with van der Waals surface area (Å²) in [6.07, 6.45) is 1.92. The quantitative estimate of drug-likeness (QED) is 0.754. The number of amides is 1. The van der Waals surface area contributed by atoms with Gasteiger partial charge >= 0.3 is 0 Å². The van der Waals surface area contributed by atoms with Gasteiger partial charge < -0.3 is 4.74 Å². The van der Waals surface area contributed by atoms with Crippen LogP contribution in [-0.2, 0) is 4.79 Å². The van der Waals surface area contributed by atoms with E-state index in [0.29, 0.717) is 16.6 Å². The van der Waals surface area contributed by atoms with Gasteiger partial charge in [-0.15, -0.1) is 0 Å². The fraction of sp³-hybridized carbons (Fsp3) is 0.200. The molecule has 0 spiro atoms. The van der Waals surface area contributed by atoms with Crippen molar-refractivity contribution in [2.24, 2.45) is 4.99 Å². The van der Waals surface area contributed by atoms with E-state index in [-0.39, 0.29) is 5.91 Å². The van der Waals surface area contributed by atoms with Crippen molar-refractivity contribution in [3.63, 3.8) is 0 Å². The zero-order valence-electron chi connectivity index (χ0n) is 14.5. The molecule has 0 saturated carbocycles. The number of carbonyl (C=O) groups is 1. The van der Waals surface area contributed by atoms with E-state index in [9.17, 15) is 4.79 Å². The number of hydrogen-bond donors (Lipinski definition) is 0. The Morgan fingerprint density at radius 2 is 1.80 bits per heavy atom. The summed E-state index contributed by atoms with van der Waals surface area (Å²) in [5, 5.41) is 0.705. The fourth-order valence-electron chi connectivity index (χ4n) is 2.45. The first kappa shape index (κ1) is 17.3. The highest BCUT2D eigenvalue weighted by molar-refractivity contribution is 8.18. The second kappa shape index (κ2) is 7.57. The first-order valence-electron chi connectivity index (χ1n) is 8.11. The smallest absolute Gasteiger partial charge is 0.266 e. The minimum Gasteiger partial charge on any atom is -0.497 e. The number of benzene rings is 2. The minimum atomic E-state index is 0.000312. The molecule has 5 heteroatoms. The highest BCUT2D eigenvalue weighted by atomic mass is 32.2. The maximum absolute atomic E-state index is 12.6. The van der Waals surface area contributed by atoms with Crippen LogP contribution in [-0.4, -0.2) is 29.6 Å². The van der Waals surface area contributed by atoms with Crippen LogP contribution in [0.2, 0.25) is 0 Å². The van der Waals surface area contributed by atoms with Gasteiger partial charge in [-0.3, -0.25) is 9.69 Å². The maximum Gasteiger partial charge on any atom is 0.266 e. The van der Waals surface area contributed by atoms with Crippen LogP contribution in [0.15, 0.2) is 58.4 Å². The number of hydrogen-bond acceptors (Lipinski definition) is 4. The van der Waals surface area contributed by atoms with Crippen LogP contribution in [0.5, 0.6) is 5.75 Å². The molecule has 0 aromatic heterocycles. The van der Waals surface area contributed by atoms with E-state index in [2.05, 4.69) is 4.99 Å². The van der Waals surface area contributed by atoms with E-state index < -0.39 is 0 Å². The molecule has 0 atom stereocenters. The average molecular weight is 352 g/mol. The van der Waals surface area contributed by atoms with Crippen molar-refractivity contribution in [1.29, 1.82) is 0 Å². The van der Waals surface area contributed by atoms with Crippen molar-refractivity contribution in [2.45, 2.75) is 13.8 Å². The summed E-state index contributed by atoms with van der Waals surface area (Å²) in [4.78, 5) is 19.7. The van der Waals surface area contributed by atoms with Crippen molar-refractivity contribution in [3.05, 3.63) is 64.6 Å². The highest BCUT2D eigenvalue weighted by Gasteiger charge is 2.32. The first-order valence-corrected chi connectivity index (χ1v) is 8.93. The van der Waals surface area contributed by atoms with Gasteiger partial charge in [0.1, 0.15) is 5.75 Å². The number of ether oxygens (including phenoxy) is 1. The van der Waals surface area contributed by atoms with Crippen LogP contribution in [0, 0.1) is 6.92 Å². The number of nitrogens with zero attached hydrogens (tertiary/aromatic N) is 2. The van der Waals surface area contributed by atoms with E-state index in [1.165, 1.54) is 17.3 Å². The molecule has 1 aliphatic heterocycles. The molecule has 1 heterocycles. The highest BCUT2D eigenvalue weighted by Crippen LogP contribution is 2.34. The summed E-state index contributed by atoms with van der Waals surface area (Å²) in [6.45, 7) is 4.59. The van der Waals surface area contributed by atoms with E-state index in [4.69, 9.17) is 4.74 Å². The maximum atomic E-state index is 12.6. The van der Waals surface area contributed by atoms with E-state index >= 15 is 0 Å². The van der Waals surface area contributed by atoms with E-state index in [0.717, 1.165) is 17.0 Å². The lowest BCUT2D eigenvalue weighted by molar-refractivity contribution is -0.122. The zero-order chi connectivity index (χ0) is 17.8. The molecule has 0 bridgehead atoms. The Labute approximate surface area is 152 Å². The molecule has 0 radical (unpaired) electrons. The minimum absolute atomic E-state index is 0.000312. The summed E-state index contributed by atoms with van der Waals surface area (Å²) < 4.78 is 5.16. The number of likely N-dealkylation sites (N-methyl/N-ethyl adjacent to an activating group) is 1. The molecule has 3 rings (SSSR count). The Morgan fingerprint density at radius 3 is 2.40 bits per heavy atom. The lowest BCUT2D eigenvalue weighted by Crippen LogP contribution is -2.28. The van der Waals surface area contributed by atoms with Crippen LogP contribution in [0.1, 0.15) is 18.1 Å². The molecule has 2 aromatic carbocycles. The van der Waals surface area contributed by atoms with Crippen LogP contribution < -0.4 is 4.74 Å². The summed E-state index contributed by atoms with van der Waals surface area (Å²) in [7, 11) is 1.63. The van der Waals surface area contributed by atoms with Gasteiger partial charge in [0.05, 0.1) is 17.7 Å². The van der Waals surface area contributed by atoms with Gasteiger partial charge in [0.25, 0.3) is 5.91 Å². The number of carbonyl (C=O) groups excluding carboxylic acids is 1. The van der Waals surface area contributed by atoms with E-state index in [1.54, 1.807) is 12.0 Å². The molecule has 1 aliphatic rings. The zero-order valence-corrected chi connectivity index (χ0v) is 15.3. The molecule has 1 fully saturated rings. The molecule has 1 amide bonds. The van der Waals surface area contributed by atoms with Crippen molar-refractivity contribution in [3.8, 4) is 5.75 Å². The largest absolute Gasteiger partial charge is 0.497 e. The summed E-state index contributed by atoms with van der Waals surface area (Å²) in [6, 6.07) is 15.6. The molecule has 0 aliphatic carbocycles. The molecule has 4 nitrogen and oxygen atoms in total. The van der Waals surface area contributed by atoms with Crippen molar-refractivity contribution in [1.82, 2.24) is 4.90 Å². The number of aryl methyl sites for hydroxylation is 1. The second-order valence-corrected chi connectivity index (χ2v) is 6.67. The van der Waals surface area contributed by atoms with Crippen LogP contribution in [0.25, 0.3) is 6.08 Å². The lowest BCUT2D eigenvalue weighted by atomic mass is 10.1. The van der Waals surface area contributed by atoms with Gasteiger partial charge in [0, 0.05) is 6.54 Å². The normalized spacial score (nSPS) is 17.6. The average Bonchev–Trinajstić information content (AvgIpc) is 2.92. The topological polar surface area (TPSA) is 41.9 Å². The van der Waals surface area contributed by atoms with Crippen LogP contribution >= 0.6 is 11.8 Å². The molecule has 0 N–H and O–H groups in total. The fourth-order valence-corrected chi connectivity index (χ4v) is 3.51.